The van der Waals surface area contributed by atoms with Crippen molar-refractivity contribution in [2.75, 3.05) is 12.4 Å². The van der Waals surface area contributed by atoms with E-state index in [0.717, 1.165) is 45.6 Å². The average molecular weight is 582 g/mol. The lowest BCUT2D eigenvalue weighted by Gasteiger charge is -2.36. The van der Waals surface area contributed by atoms with Gasteiger partial charge < -0.3 is 24.6 Å². The smallest absolute Gasteiger partial charge is 0.407 e. The van der Waals surface area contributed by atoms with Crippen molar-refractivity contribution >= 4 is 17.9 Å². The minimum atomic E-state index is -0.520. The fourth-order valence-electron chi connectivity index (χ4n) is 4.86. The van der Waals surface area contributed by atoms with Gasteiger partial charge in [-0.05, 0) is 39.9 Å². The summed E-state index contributed by atoms with van der Waals surface area (Å²) in [6, 6.07) is 34.5. The first-order valence-electron chi connectivity index (χ1n) is 14.0. The second-order valence-corrected chi connectivity index (χ2v) is 11.1. The molecule has 42 heavy (non-hydrogen) atoms. The van der Waals surface area contributed by atoms with Crippen LogP contribution >= 0.6 is 11.8 Å². The van der Waals surface area contributed by atoms with E-state index in [9.17, 15) is 9.90 Å². The second-order valence-electron chi connectivity index (χ2n) is 9.99. The molecule has 7 heteroatoms. The van der Waals surface area contributed by atoms with E-state index in [1.807, 2.05) is 78.9 Å². The molecule has 0 spiro atoms. The molecule has 1 amide bonds. The average Bonchev–Trinajstić information content (AvgIpc) is 3.06. The lowest BCUT2D eigenvalue weighted by molar-refractivity contribution is -0.245. The van der Waals surface area contributed by atoms with Crippen LogP contribution in [0.1, 0.15) is 41.1 Å². The Morgan fingerprint density at radius 2 is 1.64 bits per heavy atom. The molecule has 0 unspecified atom stereocenters. The van der Waals surface area contributed by atoms with Crippen molar-refractivity contribution in [1.29, 1.82) is 0 Å². The fourth-order valence-corrected chi connectivity index (χ4v) is 5.80. The number of thioether (sulfide) groups is 1. The summed E-state index contributed by atoms with van der Waals surface area (Å²) in [4.78, 5) is 13.1. The Bertz CT molecular complexity index is 1440. The van der Waals surface area contributed by atoms with Crippen LogP contribution in [-0.2, 0) is 27.4 Å². The summed E-state index contributed by atoms with van der Waals surface area (Å²) >= 11 is 1.78. The zero-order valence-electron chi connectivity index (χ0n) is 23.4. The molecule has 216 valence electrons. The van der Waals surface area contributed by atoms with Crippen molar-refractivity contribution in [3.8, 4) is 11.1 Å². The highest BCUT2D eigenvalue weighted by Gasteiger charge is 2.32. The van der Waals surface area contributed by atoms with E-state index >= 15 is 0 Å². The van der Waals surface area contributed by atoms with Crippen LogP contribution in [0.2, 0.25) is 0 Å². The van der Waals surface area contributed by atoms with Gasteiger partial charge in [-0.3, -0.25) is 0 Å². The predicted molar refractivity (Wildman–Crippen MR) is 166 cm³/mol. The third kappa shape index (κ3) is 7.89. The lowest BCUT2D eigenvalue weighted by atomic mass is 9.98. The van der Waals surface area contributed by atoms with Gasteiger partial charge >= 0.3 is 6.09 Å². The van der Waals surface area contributed by atoms with Gasteiger partial charge in [-0.1, -0.05) is 104 Å². The maximum Gasteiger partial charge on any atom is 0.407 e. The molecule has 0 bridgehead atoms. The van der Waals surface area contributed by atoms with Crippen LogP contribution in [0.4, 0.5) is 4.79 Å². The first kappa shape index (κ1) is 29.6. The number of hydrogen-bond donors (Lipinski definition) is 2. The molecule has 0 aliphatic carbocycles. The van der Waals surface area contributed by atoms with Gasteiger partial charge in [-0.2, -0.15) is 0 Å². The minimum Gasteiger partial charge on any atom is -0.445 e. The third-order valence-corrected chi connectivity index (χ3v) is 8.20. The quantitative estimate of drug-likeness (QED) is 0.140. The number of carbonyl (C=O) groups excluding carboxylic acids is 1. The number of hydrogen-bond acceptors (Lipinski definition) is 6. The first-order chi connectivity index (χ1) is 20.6. The Morgan fingerprint density at radius 1 is 0.929 bits per heavy atom. The molecule has 1 aliphatic heterocycles. The lowest BCUT2D eigenvalue weighted by Crippen LogP contribution is -2.31. The van der Waals surface area contributed by atoms with Crippen molar-refractivity contribution in [2.45, 2.75) is 43.0 Å². The van der Waals surface area contributed by atoms with Crippen molar-refractivity contribution in [3.63, 3.8) is 0 Å². The number of carbonyl (C=O) groups is 1. The van der Waals surface area contributed by atoms with Gasteiger partial charge in [0, 0.05) is 29.2 Å². The highest BCUT2D eigenvalue weighted by Crippen LogP contribution is 2.40. The van der Waals surface area contributed by atoms with Crippen LogP contribution in [0.15, 0.2) is 121 Å². The summed E-state index contributed by atoms with van der Waals surface area (Å²) in [7, 11) is 0. The molecule has 0 radical (unpaired) electrons. The summed E-state index contributed by atoms with van der Waals surface area (Å²) in [6.07, 6.45) is 1.13. The van der Waals surface area contributed by atoms with Crippen LogP contribution < -0.4 is 5.32 Å². The van der Waals surface area contributed by atoms with Gasteiger partial charge in [0.1, 0.15) is 6.61 Å². The van der Waals surface area contributed by atoms with Gasteiger partial charge in [0.2, 0.25) is 0 Å². The number of alkyl carbamates (subject to hydrolysis) is 1. The van der Waals surface area contributed by atoms with E-state index in [2.05, 4.69) is 36.2 Å². The molecular weight excluding hydrogens is 546 g/mol. The number of nitrogens with one attached hydrogen (secondary N) is 1. The van der Waals surface area contributed by atoms with Gasteiger partial charge in [-0.25, -0.2) is 4.79 Å². The van der Waals surface area contributed by atoms with Crippen molar-refractivity contribution < 1.29 is 24.1 Å². The summed E-state index contributed by atoms with van der Waals surface area (Å²) in [5, 5.41) is 12.3. The molecular formula is C35H35NO5S. The molecule has 0 aromatic heterocycles. The number of aliphatic hydroxyl groups excluding tert-OH is 1. The number of aliphatic hydroxyl groups is 1. The standard InChI is InChI=1S/C35H35NO5S/c1-2-20-39-35(38)36-22-29-8-6-7-11-32(29)26-16-18-28(19-17-26)34-40-30(24-42-31-9-4-3-5-10-31)21-33(41-34)27-14-12-25(23-37)13-15-27/h2-19,30,33-34,37H,1,20-24H2,(H,36,38)/t30-,33+,34+/m0/s1. The van der Waals surface area contributed by atoms with E-state index in [1.54, 1.807) is 11.8 Å². The number of benzene rings is 4. The topological polar surface area (TPSA) is 77.0 Å². The Morgan fingerprint density at radius 3 is 2.38 bits per heavy atom. The summed E-state index contributed by atoms with van der Waals surface area (Å²) in [6.45, 7) is 4.09. The molecule has 2 N–H and O–H groups in total. The first-order valence-corrected chi connectivity index (χ1v) is 15.0. The van der Waals surface area contributed by atoms with Crippen LogP contribution in [0.5, 0.6) is 0 Å². The molecule has 0 saturated carbocycles. The molecule has 1 saturated heterocycles. The van der Waals surface area contributed by atoms with Crippen molar-refractivity contribution in [3.05, 3.63) is 138 Å². The van der Waals surface area contributed by atoms with E-state index in [1.165, 1.54) is 11.0 Å². The molecule has 1 heterocycles. The molecule has 1 aliphatic rings. The molecule has 4 aromatic carbocycles. The maximum atomic E-state index is 11.9. The van der Waals surface area contributed by atoms with Gasteiger partial charge in [-0.15, -0.1) is 11.8 Å². The molecule has 6 nitrogen and oxygen atoms in total. The normalized spacial score (nSPS) is 18.3. The molecule has 3 atom stereocenters. The highest BCUT2D eigenvalue weighted by molar-refractivity contribution is 7.99. The zero-order valence-corrected chi connectivity index (χ0v) is 24.2. The van der Waals surface area contributed by atoms with E-state index in [-0.39, 0.29) is 25.4 Å². The fraction of sp³-hybridized carbons (Fsp3) is 0.229. The predicted octanol–water partition coefficient (Wildman–Crippen LogP) is 7.60. The zero-order chi connectivity index (χ0) is 29.1. The van der Waals surface area contributed by atoms with E-state index in [4.69, 9.17) is 14.2 Å². The van der Waals surface area contributed by atoms with Crippen molar-refractivity contribution in [2.24, 2.45) is 0 Å². The van der Waals surface area contributed by atoms with Crippen molar-refractivity contribution in [1.82, 2.24) is 5.32 Å². The SMILES string of the molecule is C=CCOC(=O)NCc1ccccc1-c1ccc([C@@H]2O[C@H](CSc3ccccc3)C[C@H](c3ccc(CO)cc3)O2)cc1. The largest absolute Gasteiger partial charge is 0.445 e. The van der Waals surface area contributed by atoms with Crippen LogP contribution in [-0.4, -0.2) is 29.7 Å². The molecule has 4 aromatic rings. The van der Waals surface area contributed by atoms with Gasteiger partial charge in [0.25, 0.3) is 0 Å². The van der Waals surface area contributed by atoms with Gasteiger partial charge in [0.05, 0.1) is 18.8 Å². The molecule has 5 rings (SSSR count). The monoisotopic (exact) mass is 581 g/mol. The Kier molecular flexibility index (Phi) is 10.5. The second kappa shape index (κ2) is 14.8. The van der Waals surface area contributed by atoms with Crippen LogP contribution in [0, 0.1) is 0 Å². The number of rotatable bonds is 11. The Labute approximate surface area is 251 Å². The summed E-state index contributed by atoms with van der Waals surface area (Å²) in [5.74, 6) is 0.808. The Hall–Kier alpha value is -3.88. The van der Waals surface area contributed by atoms with E-state index in [0.29, 0.717) is 6.54 Å². The third-order valence-electron chi connectivity index (χ3n) is 7.06. The molecule has 1 fully saturated rings. The number of ether oxygens (including phenoxy) is 3. The summed E-state index contributed by atoms with van der Waals surface area (Å²) < 4.78 is 18.1. The van der Waals surface area contributed by atoms with E-state index < -0.39 is 12.4 Å². The minimum absolute atomic E-state index is 0.0104. The number of amides is 1. The van der Waals surface area contributed by atoms with Gasteiger partial charge in [0.15, 0.2) is 6.29 Å². The highest BCUT2D eigenvalue weighted by atomic mass is 32.2. The van der Waals surface area contributed by atoms with Crippen LogP contribution in [0.3, 0.4) is 0 Å². The van der Waals surface area contributed by atoms with Crippen LogP contribution in [0.25, 0.3) is 11.1 Å². The maximum absolute atomic E-state index is 11.9. The summed E-state index contributed by atoms with van der Waals surface area (Å²) in [5.41, 5.74) is 5.92. The Balaban J connectivity index is 1.32.